The van der Waals surface area contributed by atoms with Crippen molar-refractivity contribution in [3.05, 3.63) is 35.4 Å². The van der Waals surface area contributed by atoms with Gasteiger partial charge in [0, 0.05) is 16.9 Å². The number of alkyl halides is 1. The lowest BCUT2D eigenvalue weighted by atomic mass is 9.54. The second-order valence-corrected chi connectivity index (χ2v) is 8.83. The third-order valence-electron chi connectivity index (χ3n) is 5.96. The van der Waals surface area contributed by atoms with Gasteiger partial charge in [-0.25, -0.2) is 0 Å². The monoisotopic (exact) mass is 452 g/mol. The molecule has 134 valence electrons. The van der Waals surface area contributed by atoms with Crippen molar-refractivity contribution in [2.45, 2.75) is 39.0 Å². The SMILES string of the molecule is CC(=O)Oc1cccc(C(OCCI)=C2C3CC4CC(C3)CC2C4)c1. The van der Waals surface area contributed by atoms with E-state index in [9.17, 15) is 4.79 Å². The second kappa shape index (κ2) is 7.29. The van der Waals surface area contributed by atoms with Gasteiger partial charge >= 0.3 is 5.97 Å². The lowest BCUT2D eigenvalue weighted by Gasteiger charge is -2.51. The first-order valence-corrected chi connectivity index (χ1v) is 10.9. The highest BCUT2D eigenvalue weighted by molar-refractivity contribution is 14.1. The molecule has 0 atom stereocenters. The van der Waals surface area contributed by atoms with Crippen molar-refractivity contribution in [3.63, 3.8) is 0 Å². The summed E-state index contributed by atoms with van der Waals surface area (Å²) in [4.78, 5) is 11.3. The van der Waals surface area contributed by atoms with E-state index in [1.165, 1.54) is 39.0 Å². The maximum atomic E-state index is 11.3. The molecule has 0 unspecified atom stereocenters. The number of hydrogen-bond acceptors (Lipinski definition) is 3. The summed E-state index contributed by atoms with van der Waals surface area (Å²) >= 11 is 2.36. The highest BCUT2D eigenvalue weighted by Gasteiger charge is 2.46. The van der Waals surface area contributed by atoms with E-state index in [-0.39, 0.29) is 5.97 Å². The Kier molecular flexibility index (Phi) is 5.07. The van der Waals surface area contributed by atoms with Gasteiger partial charge in [0.1, 0.15) is 11.5 Å². The molecule has 4 bridgehead atoms. The Morgan fingerprint density at radius 2 is 1.80 bits per heavy atom. The number of rotatable bonds is 5. The van der Waals surface area contributed by atoms with E-state index in [4.69, 9.17) is 9.47 Å². The highest BCUT2D eigenvalue weighted by Crippen LogP contribution is 2.58. The molecule has 4 aliphatic rings. The van der Waals surface area contributed by atoms with Crippen molar-refractivity contribution in [2.75, 3.05) is 11.0 Å². The number of ether oxygens (including phenoxy) is 2. The number of carbonyl (C=O) groups excluding carboxylic acids is 1. The van der Waals surface area contributed by atoms with E-state index < -0.39 is 0 Å². The molecule has 0 spiro atoms. The molecule has 5 rings (SSSR count). The zero-order valence-electron chi connectivity index (χ0n) is 14.7. The topological polar surface area (TPSA) is 35.5 Å². The molecular weight excluding hydrogens is 427 g/mol. The normalized spacial score (nSPS) is 29.6. The van der Waals surface area contributed by atoms with Gasteiger partial charge in [-0.1, -0.05) is 34.7 Å². The zero-order valence-corrected chi connectivity index (χ0v) is 16.8. The van der Waals surface area contributed by atoms with Crippen LogP contribution in [0.4, 0.5) is 0 Å². The number of esters is 1. The molecule has 4 aliphatic carbocycles. The molecule has 25 heavy (non-hydrogen) atoms. The molecule has 1 aromatic carbocycles. The minimum Gasteiger partial charge on any atom is -0.492 e. The fraction of sp³-hybridized carbons (Fsp3) is 0.571. The fourth-order valence-electron chi connectivity index (χ4n) is 5.40. The number of benzene rings is 1. The van der Waals surface area contributed by atoms with E-state index in [0.29, 0.717) is 17.6 Å². The quantitative estimate of drug-likeness (QED) is 0.202. The van der Waals surface area contributed by atoms with Crippen molar-refractivity contribution >= 4 is 34.3 Å². The minimum absolute atomic E-state index is 0.283. The molecule has 4 heteroatoms. The highest BCUT2D eigenvalue weighted by atomic mass is 127. The average Bonchev–Trinajstić information content (AvgIpc) is 2.56. The first kappa shape index (κ1) is 17.4. The molecule has 4 fully saturated rings. The molecule has 0 N–H and O–H groups in total. The molecule has 0 saturated heterocycles. The summed E-state index contributed by atoms with van der Waals surface area (Å²) < 4.78 is 12.6. The molecule has 3 nitrogen and oxygen atoms in total. The summed E-state index contributed by atoms with van der Waals surface area (Å²) in [5, 5.41) is 0. The molecule has 0 amide bonds. The van der Waals surface area contributed by atoms with Gasteiger partial charge in [0.2, 0.25) is 0 Å². The van der Waals surface area contributed by atoms with Crippen LogP contribution in [-0.4, -0.2) is 17.0 Å². The Morgan fingerprint density at radius 1 is 1.12 bits per heavy atom. The predicted molar refractivity (Wildman–Crippen MR) is 107 cm³/mol. The number of halogens is 1. The Bertz CT molecular complexity index is 664. The molecule has 4 saturated carbocycles. The summed E-state index contributed by atoms with van der Waals surface area (Å²) in [7, 11) is 0. The molecular formula is C21H25IO3. The molecule has 1 aromatic rings. The van der Waals surface area contributed by atoms with Crippen molar-refractivity contribution in [3.8, 4) is 5.75 Å². The van der Waals surface area contributed by atoms with Crippen LogP contribution >= 0.6 is 22.6 Å². The summed E-state index contributed by atoms with van der Waals surface area (Å²) in [5.41, 5.74) is 2.61. The third kappa shape index (κ3) is 3.60. The molecule has 0 aliphatic heterocycles. The van der Waals surface area contributed by atoms with E-state index >= 15 is 0 Å². The van der Waals surface area contributed by atoms with Gasteiger partial charge in [-0.05, 0) is 73.5 Å². The van der Waals surface area contributed by atoms with Gasteiger partial charge in [-0.3, -0.25) is 4.79 Å². The number of carbonyl (C=O) groups is 1. The fourth-order valence-corrected chi connectivity index (χ4v) is 5.62. The van der Waals surface area contributed by atoms with E-state index in [1.807, 2.05) is 18.2 Å². The molecule has 0 heterocycles. The minimum atomic E-state index is -0.283. The molecule has 0 radical (unpaired) electrons. The maximum absolute atomic E-state index is 11.3. The summed E-state index contributed by atoms with van der Waals surface area (Å²) in [6.45, 7) is 2.17. The molecule has 0 aromatic heterocycles. The van der Waals surface area contributed by atoms with Crippen LogP contribution in [-0.2, 0) is 9.53 Å². The van der Waals surface area contributed by atoms with Crippen LogP contribution < -0.4 is 4.74 Å². The van der Waals surface area contributed by atoms with Crippen LogP contribution in [0.5, 0.6) is 5.75 Å². The van der Waals surface area contributed by atoms with Gasteiger partial charge in [-0.15, -0.1) is 0 Å². The van der Waals surface area contributed by atoms with Crippen LogP contribution in [0.1, 0.15) is 44.6 Å². The Morgan fingerprint density at radius 3 is 2.40 bits per heavy atom. The van der Waals surface area contributed by atoms with Crippen LogP contribution in [0, 0.1) is 23.7 Å². The van der Waals surface area contributed by atoms with Gasteiger partial charge in [0.15, 0.2) is 0 Å². The lowest BCUT2D eigenvalue weighted by molar-refractivity contribution is -0.131. The first-order chi connectivity index (χ1) is 12.1. The summed E-state index contributed by atoms with van der Waals surface area (Å²) in [6.07, 6.45) is 6.80. The van der Waals surface area contributed by atoms with Crippen LogP contribution in [0.25, 0.3) is 5.76 Å². The largest absolute Gasteiger partial charge is 0.492 e. The van der Waals surface area contributed by atoms with Crippen LogP contribution in [0.15, 0.2) is 29.8 Å². The van der Waals surface area contributed by atoms with Crippen molar-refractivity contribution in [1.82, 2.24) is 0 Å². The third-order valence-corrected chi connectivity index (χ3v) is 6.40. The average molecular weight is 452 g/mol. The van der Waals surface area contributed by atoms with Gasteiger partial charge in [0.25, 0.3) is 0 Å². The van der Waals surface area contributed by atoms with Crippen molar-refractivity contribution < 1.29 is 14.3 Å². The zero-order chi connectivity index (χ0) is 17.4. The van der Waals surface area contributed by atoms with E-state index in [1.54, 1.807) is 5.57 Å². The summed E-state index contributed by atoms with van der Waals surface area (Å²) in [6, 6.07) is 7.84. The smallest absolute Gasteiger partial charge is 0.308 e. The predicted octanol–water partition coefficient (Wildman–Crippen LogP) is 5.23. The Balaban J connectivity index is 1.72. The maximum Gasteiger partial charge on any atom is 0.308 e. The van der Waals surface area contributed by atoms with Gasteiger partial charge in [0.05, 0.1) is 6.61 Å². The van der Waals surface area contributed by atoms with Gasteiger partial charge in [-0.2, -0.15) is 0 Å². The first-order valence-electron chi connectivity index (χ1n) is 9.35. The number of allylic oxidation sites excluding steroid dienone is 1. The van der Waals surface area contributed by atoms with Gasteiger partial charge < -0.3 is 9.47 Å². The van der Waals surface area contributed by atoms with E-state index in [0.717, 1.165) is 34.2 Å². The standard InChI is InChI=1S/C21H25IO3/c1-13(23)25-19-4-2-3-16(12-19)21(24-6-5-22)20-17-8-14-7-15(10-17)11-18(20)9-14/h2-4,12,14-15,17-18H,5-11H2,1H3. The summed E-state index contributed by atoms with van der Waals surface area (Å²) in [5.74, 6) is 4.64. The van der Waals surface area contributed by atoms with Crippen LogP contribution in [0.3, 0.4) is 0 Å². The Labute approximate surface area is 163 Å². The van der Waals surface area contributed by atoms with Crippen LogP contribution in [0.2, 0.25) is 0 Å². The Hall–Kier alpha value is -1.04. The van der Waals surface area contributed by atoms with E-state index in [2.05, 4.69) is 28.7 Å². The van der Waals surface area contributed by atoms with Crippen molar-refractivity contribution in [2.24, 2.45) is 23.7 Å². The second-order valence-electron chi connectivity index (χ2n) is 7.75. The lowest BCUT2D eigenvalue weighted by Crippen LogP contribution is -2.41. The van der Waals surface area contributed by atoms with Crippen molar-refractivity contribution in [1.29, 1.82) is 0 Å². The number of hydrogen-bond donors (Lipinski definition) is 0.